The number of aliphatic hydroxyl groups is 1. The van der Waals surface area contributed by atoms with E-state index in [-0.39, 0.29) is 30.6 Å². The molecule has 7 nitrogen and oxygen atoms in total. The molecule has 0 aliphatic carbocycles. The molecule has 1 aliphatic rings. The Morgan fingerprint density at radius 1 is 1.28 bits per heavy atom. The summed E-state index contributed by atoms with van der Waals surface area (Å²) in [5.74, 6) is -1.57. The van der Waals surface area contributed by atoms with Crippen LogP contribution >= 0.6 is 0 Å². The van der Waals surface area contributed by atoms with Crippen molar-refractivity contribution in [3.63, 3.8) is 0 Å². The van der Waals surface area contributed by atoms with E-state index >= 15 is 0 Å². The van der Waals surface area contributed by atoms with E-state index < -0.39 is 17.7 Å². The van der Waals surface area contributed by atoms with Gasteiger partial charge in [0, 0.05) is 44.5 Å². The Balaban J connectivity index is 1.46. The third-order valence-corrected chi connectivity index (χ3v) is 5.14. The number of likely N-dealkylation sites (tertiary alicyclic amines) is 1. The molecule has 29 heavy (non-hydrogen) atoms. The highest BCUT2D eigenvalue weighted by Crippen LogP contribution is 2.19. The number of amides is 1. The highest BCUT2D eigenvalue weighted by Gasteiger charge is 2.28. The van der Waals surface area contributed by atoms with Crippen LogP contribution in [-0.2, 0) is 13.6 Å². The van der Waals surface area contributed by atoms with Crippen LogP contribution < -0.4 is 5.32 Å². The lowest BCUT2D eigenvalue weighted by Gasteiger charge is -2.36. The number of piperidine rings is 1. The standard InChI is InChI=1S/C20H21F2N5O2/c1-26-19-5-12(7-23-18(19)8-24-26)20(29)25-13-6-14(28)10-27(9-13)11-15-16(21)3-2-4-17(15)22/h2-5,7-8,13-14,28H,6,9-11H2,1H3,(H,25,29)/t13-,14+/m0/s1. The van der Waals surface area contributed by atoms with Gasteiger partial charge in [0.15, 0.2) is 0 Å². The molecule has 9 heteroatoms. The monoisotopic (exact) mass is 401 g/mol. The average molecular weight is 401 g/mol. The predicted molar refractivity (Wildman–Crippen MR) is 102 cm³/mol. The van der Waals surface area contributed by atoms with Gasteiger partial charge in [-0.2, -0.15) is 5.10 Å². The molecule has 3 heterocycles. The molecule has 1 amide bonds. The fraction of sp³-hybridized carbons (Fsp3) is 0.350. The van der Waals surface area contributed by atoms with Crippen LogP contribution in [0.4, 0.5) is 8.78 Å². The van der Waals surface area contributed by atoms with E-state index in [9.17, 15) is 18.7 Å². The van der Waals surface area contributed by atoms with Crippen molar-refractivity contribution in [3.8, 4) is 0 Å². The lowest BCUT2D eigenvalue weighted by atomic mass is 10.0. The second kappa shape index (κ2) is 7.84. The minimum Gasteiger partial charge on any atom is -0.392 e. The number of benzene rings is 1. The van der Waals surface area contributed by atoms with E-state index in [4.69, 9.17) is 0 Å². The Kier molecular flexibility index (Phi) is 5.25. The van der Waals surface area contributed by atoms with Crippen molar-refractivity contribution in [2.75, 3.05) is 13.1 Å². The van der Waals surface area contributed by atoms with Crippen LogP contribution in [0.25, 0.3) is 11.0 Å². The van der Waals surface area contributed by atoms with Gasteiger partial charge in [-0.3, -0.25) is 19.4 Å². The van der Waals surface area contributed by atoms with Crippen LogP contribution in [0.15, 0.2) is 36.7 Å². The van der Waals surface area contributed by atoms with Crippen LogP contribution in [-0.4, -0.2) is 55.9 Å². The van der Waals surface area contributed by atoms with E-state index in [1.54, 1.807) is 28.9 Å². The van der Waals surface area contributed by atoms with E-state index in [1.165, 1.54) is 24.4 Å². The molecule has 2 atom stereocenters. The number of fused-ring (bicyclic) bond motifs is 1. The van der Waals surface area contributed by atoms with Crippen LogP contribution in [0.1, 0.15) is 22.3 Å². The van der Waals surface area contributed by atoms with Crippen molar-refractivity contribution in [2.24, 2.45) is 7.05 Å². The maximum absolute atomic E-state index is 14.0. The van der Waals surface area contributed by atoms with Gasteiger partial charge in [-0.15, -0.1) is 0 Å². The number of aryl methyl sites for hydroxylation is 1. The molecule has 0 unspecified atom stereocenters. The van der Waals surface area contributed by atoms with Crippen molar-refractivity contribution >= 4 is 16.9 Å². The first-order chi connectivity index (χ1) is 13.9. The van der Waals surface area contributed by atoms with Gasteiger partial charge < -0.3 is 10.4 Å². The average Bonchev–Trinajstić information content (AvgIpc) is 3.05. The molecular formula is C20H21F2N5O2. The molecule has 3 aromatic rings. The fourth-order valence-electron chi connectivity index (χ4n) is 3.72. The molecular weight excluding hydrogens is 380 g/mol. The number of carbonyl (C=O) groups excluding carboxylic acids is 1. The summed E-state index contributed by atoms with van der Waals surface area (Å²) in [5, 5.41) is 17.2. The van der Waals surface area contributed by atoms with Gasteiger partial charge in [-0.25, -0.2) is 8.78 Å². The Morgan fingerprint density at radius 3 is 2.79 bits per heavy atom. The minimum atomic E-state index is -0.707. The number of carbonyl (C=O) groups is 1. The van der Waals surface area contributed by atoms with Gasteiger partial charge in [0.2, 0.25) is 0 Å². The first-order valence-corrected chi connectivity index (χ1v) is 9.32. The van der Waals surface area contributed by atoms with E-state index in [2.05, 4.69) is 15.4 Å². The van der Waals surface area contributed by atoms with Gasteiger partial charge in [0.25, 0.3) is 5.91 Å². The molecule has 2 aromatic heterocycles. The summed E-state index contributed by atoms with van der Waals surface area (Å²) in [7, 11) is 1.77. The van der Waals surface area contributed by atoms with Gasteiger partial charge >= 0.3 is 0 Å². The molecule has 1 aliphatic heterocycles. The molecule has 4 rings (SSSR count). The zero-order valence-electron chi connectivity index (χ0n) is 15.8. The lowest BCUT2D eigenvalue weighted by molar-refractivity contribution is 0.0449. The number of hydrogen-bond donors (Lipinski definition) is 2. The Bertz CT molecular complexity index is 1030. The van der Waals surface area contributed by atoms with Gasteiger partial charge in [0.05, 0.1) is 23.4 Å². The van der Waals surface area contributed by atoms with Crippen LogP contribution in [0.3, 0.4) is 0 Å². The van der Waals surface area contributed by atoms with Crippen molar-refractivity contribution in [1.29, 1.82) is 0 Å². The van der Waals surface area contributed by atoms with Gasteiger partial charge in [-0.05, 0) is 24.6 Å². The summed E-state index contributed by atoms with van der Waals surface area (Å²) >= 11 is 0. The van der Waals surface area contributed by atoms with Crippen LogP contribution in [0.5, 0.6) is 0 Å². The topological polar surface area (TPSA) is 83.3 Å². The molecule has 1 aromatic carbocycles. The molecule has 2 N–H and O–H groups in total. The maximum Gasteiger partial charge on any atom is 0.253 e. The first-order valence-electron chi connectivity index (χ1n) is 9.32. The van der Waals surface area contributed by atoms with Crippen molar-refractivity contribution in [3.05, 3.63) is 59.4 Å². The maximum atomic E-state index is 14.0. The summed E-state index contributed by atoms with van der Waals surface area (Å²) < 4.78 is 29.5. The Hall–Kier alpha value is -2.91. The molecule has 0 spiro atoms. The highest BCUT2D eigenvalue weighted by molar-refractivity contribution is 5.96. The highest BCUT2D eigenvalue weighted by atomic mass is 19.1. The zero-order valence-corrected chi connectivity index (χ0v) is 15.8. The molecule has 152 valence electrons. The van der Waals surface area contributed by atoms with Crippen molar-refractivity contribution in [1.82, 2.24) is 25.0 Å². The van der Waals surface area contributed by atoms with E-state index in [0.717, 1.165) is 5.52 Å². The molecule has 0 radical (unpaired) electrons. The number of aromatic nitrogens is 3. The SMILES string of the molecule is Cn1ncc2ncc(C(=O)N[C@H]3C[C@@H](O)CN(Cc4c(F)cccc4F)C3)cc21. The van der Waals surface area contributed by atoms with Crippen LogP contribution in [0, 0.1) is 11.6 Å². The lowest BCUT2D eigenvalue weighted by Crippen LogP contribution is -2.52. The van der Waals surface area contributed by atoms with E-state index in [1.807, 2.05) is 0 Å². The number of nitrogens with one attached hydrogen (secondary N) is 1. The van der Waals surface area contributed by atoms with Crippen molar-refractivity contribution < 1.29 is 18.7 Å². The third kappa shape index (κ3) is 4.10. The number of hydrogen-bond acceptors (Lipinski definition) is 5. The second-order valence-corrected chi connectivity index (χ2v) is 7.35. The largest absolute Gasteiger partial charge is 0.392 e. The van der Waals surface area contributed by atoms with Gasteiger partial charge in [-0.1, -0.05) is 6.07 Å². The fourth-order valence-corrected chi connectivity index (χ4v) is 3.72. The number of β-amino-alcohol motifs (C(OH)–C–C–N with tert-alkyl or cyclic N) is 1. The van der Waals surface area contributed by atoms with Crippen molar-refractivity contribution in [2.45, 2.75) is 25.1 Å². The Labute approximate surface area is 166 Å². The smallest absolute Gasteiger partial charge is 0.253 e. The zero-order chi connectivity index (χ0) is 20.5. The molecule has 1 saturated heterocycles. The van der Waals surface area contributed by atoms with Crippen LogP contribution in [0.2, 0.25) is 0 Å². The van der Waals surface area contributed by atoms with E-state index in [0.29, 0.717) is 24.0 Å². The normalized spacial score (nSPS) is 20.1. The number of halogens is 2. The summed E-state index contributed by atoms with van der Waals surface area (Å²) in [6.45, 7) is 0.672. The minimum absolute atomic E-state index is 0.0183. The summed E-state index contributed by atoms with van der Waals surface area (Å²) in [6.07, 6.45) is 2.75. The summed E-state index contributed by atoms with van der Waals surface area (Å²) in [5.41, 5.74) is 1.76. The third-order valence-electron chi connectivity index (χ3n) is 5.14. The number of aliphatic hydroxyl groups excluding tert-OH is 1. The molecule has 1 fully saturated rings. The number of nitrogens with zero attached hydrogens (tertiary/aromatic N) is 4. The Morgan fingerprint density at radius 2 is 2.03 bits per heavy atom. The summed E-state index contributed by atoms with van der Waals surface area (Å²) in [4.78, 5) is 18.6. The number of pyridine rings is 1. The number of rotatable bonds is 4. The summed E-state index contributed by atoms with van der Waals surface area (Å²) in [6, 6.07) is 5.08. The second-order valence-electron chi connectivity index (χ2n) is 7.35. The van der Waals surface area contributed by atoms with Gasteiger partial charge in [0.1, 0.15) is 17.2 Å². The first kappa shape index (κ1) is 19.4. The quantitative estimate of drug-likeness (QED) is 0.694. The molecule has 0 bridgehead atoms. The predicted octanol–water partition coefficient (Wildman–Crippen LogP) is 1.61. The molecule has 0 saturated carbocycles.